The molecule has 0 amide bonds. The zero-order chi connectivity index (χ0) is 29.2. The molecule has 13 nitrogen and oxygen atoms in total. The standard InChI is InChI=1S/C26H30O13/c1-10(2)4-5-11-19(38-26-22(34)20(32)21(33)24(39-26)25(35)36)9-16(29)13(23(11)37-3)7-14(27)12-6-17(30)18(31)8-15(12)28/h4,6,8-9,20-22,24,26,28-34H,5,7H2,1-3H3,(H,35,36). The Kier molecular flexibility index (Phi) is 8.92. The third-order valence-corrected chi connectivity index (χ3v) is 6.13. The van der Waals surface area contributed by atoms with Crippen LogP contribution >= 0.6 is 0 Å². The van der Waals surface area contributed by atoms with Gasteiger partial charge in [0.1, 0.15) is 41.3 Å². The van der Waals surface area contributed by atoms with Crippen molar-refractivity contribution in [3.8, 4) is 34.5 Å². The average molecular weight is 551 g/mol. The topological polar surface area (TPSA) is 224 Å². The Morgan fingerprint density at radius 2 is 1.54 bits per heavy atom. The molecule has 0 saturated carbocycles. The number of ketones is 1. The molecule has 13 heteroatoms. The van der Waals surface area contributed by atoms with Crippen molar-refractivity contribution >= 4 is 11.8 Å². The number of phenolic OH excluding ortho intramolecular Hbond substituents is 4. The fraction of sp³-hybridized carbons (Fsp3) is 0.385. The van der Waals surface area contributed by atoms with E-state index in [4.69, 9.17) is 14.2 Å². The summed E-state index contributed by atoms with van der Waals surface area (Å²) in [7, 11) is 1.26. The number of Topliss-reactive ketones (excluding diaryl/α,β-unsaturated/α-hetero) is 1. The number of ether oxygens (including phenoxy) is 3. The van der Waals surface area contributed by atoms with Crippen LogP contribution in [0.5, 0.6) is 34.5 Å². The van der Waals surface area contributed by atoms with Gasteiger partial charge in [0.2, 0.25) is 6.29 Å². The maximum Gasteiger partial charge on any atom is 0.335 e. The molecule has 0 radical (unpaired) electrons. The summed E-state index contributed by atoms with van der Waals surface area (Å²) in [5, 5.41) is 79.9. The summed E-state index contributed by atoms with van der Waals surface area (Å²) < 4.78 is 16.4. The van der Waals surface area contributed by atoms with E-state index in [1.807, 2.05) is 0 Å². The molecule has 212 valence electrons. The zero-order valence-electron chi connectivity index (χ0n) is 21.2. The molecule has 2 aromatic rings. The van der Waals surface area contributed by atoms with Crippen molar-refractivity contribution in [1.29, 1.82) is 0 Å². The number of benzene rings is 2. The Morgan fingerprint density at radius 1 is 0.897 bits per heavy atom. The highest BCUT2D eigenvalue weighted by Crippen LogP contribution is 2.42. The van der Waals surface area contributed by atoms with Gasteiger partial charge < -0.3 is 55.1 Å². The third kappa shape index (κ3) is 6.17. The number of aliphatic hydroxyl groups excluding tert-OH is 3. The number of phenols is 4. The zero-order valence-corrected chi connectivity index (χ0v) is 21.2. The number of hydrogen-bond acceptors (Lipinski definition) is 12. The van der Waals surface area contributed by atoms with E-state index in [1.54, 1.807) is 19.9 Å². The summed E-state index contributed by atoms with van der Waals surface area (Å²) in [6.07, 6.45) is -8.07. The lowest BCUT2D eigenvalue weighted by Crippen LogP contribution is -2.61. The molecule has 1 heterocycles. The van der Waals surface area contributed by atoms with E-state index in [9.17, 15) is 50.4 Å². The van der Waals surface area contributed by atoms with Crippen LogP contribution in [0.3, 0.4) is 0 Å². The number of carboxylic acid groups (broad SMARTS) is 1. The Balaban J connectivity index is 2.06. The smallest absolute Gasteiger partial charge is 0.335 e. The lowest BCUT2D eigenvalue weighted by molar-refractivity contribution is -0.271. The van der Waals surface area contributed by atoms with Gasteiger partial charge in [0, 0.05) is 29.7 Å². The molecule has 0 spiro atoms. The maximum absolute atomic E-state index is 13.0. The minimum absolute atomic E-state index is 0.0148. The van der Waals surface area contributed by atoms with E-state index < -0.39 is 71.9 Å². The SMILES string of the molecule is COc1c(CC(=O)c2cc(O)c(O)cc2O)c(O)cc(OC2OC(C(=O)O)C(O)C(O)C2O)c1CC=C(C)C. The second-order valence-electron chi connectivity index (χ2n) is 9.18. The first-order valence-electron chi connectivity index (χ1n) is 11.7. The normalized spacial score (nSPS) is 22.7. The van der Waals surface area contributed by atoms with Crippen LogP contribution in [0.1, 0.15) is 35.3 Å². The van der Waals surface area contributed by atoms with E-state index in [1.165, 1.54) is 7.11 Å². The summed E-state index contributed by atoms with van der Waals surface area (Å²) >= 11 is 0. The molecule has 5 atom stereocenters. The van der Waals surface area contributed by atoms with Gasteiger partial charge in [-0.25, -0.2) is 4.79 Å². The maximum atomic E-state index is 13.0. The first-order valence-corrected chi connectivity index (χ1v) is 11.7. The summed E-state index contributed by atoms with van der Waals surface area (Å²) in [4.78, 5) is 24.4. The van der Waals surface area contributed by atoms with Crippen LogP contribution in [0.4, 0.5) is 0 Å². The summed E-state index contributed by atoms with van der Waals surface area (Å²) in [6.45, 7) is 3.61. The molecule has 3 rings (SSSR count). The number of aliphatic hydroxyl groups is 3. The average Bonchev–Trinajstić information content (AvgIpc) is 2.86. The summed E-state index contributed by atoms with van der Waals surface area (Å²) in [6, 6.07) is 2.75. The molecule has 39 heavy (non-hydrogen) atoms. The highest BCUT2D eigenvalue weighted by molar-refractivity contribution is 6.01. The Labute approximate surface area is 222 Å². The molecule has 5 unspecified atom stereocenters. The van der Waals surface area contributed by atoms with E-state index in [0.717, 1.165) is 23.8 Å². The number of hydrogen-bond donors (Lipinski definition) is 8. The number of aliphatic carboxylic acids is 1. The second-order valence-corrected chi connectivity index (χ2v) is 9.18. The van der Waals surface area contributed by atoms with Crippen molar-refractivity contribution in [2.45, 2.75) is 57.4 Å². The van der Waals surface area contributed by atoms with E-state index in [-0.39, 0.29) is 34.6 Å². The van der Waals surface area contributed by atoms with Crippen LogP contribution in [-0.2, 0) is 22.4 Å². The molecule has 1 saturated heterocycles. The summed E-state index contributed by atoms with van der Waals surface area (Å²) in [5.41, 5.74) is 0.767. The van der Waals surface area contributed by atoms with Crippen molar-refractivity contribution < 1.29 is 64.7 Å². The fourth-order valence-corrected chi connectivity index (χ4v) is 4.05. The van der Waals surface area contributed by atoms with Gasteiger partial charge in [0.05, 0.1) is 12.7 Å². The van der Waals surface area contributed by atoms with Crippen molar-refractivity contribution in [1.82, 2.24) is 0 Å². The molecule has 1 fully saturated rings. The van der Waals surface area contributed by atoms with Gasteiger partial charge in [-0.1, -0.05) is 11.6 Å². The molecular weight excluding hydrogens is 520 g/mol. The van der Waals surface area contributed by atoms with Crippen molar-refractivity contribution in [3.63, 3.8) is 0 Å². The van der Waals surface area contributed by atoms with Crippen LogP contribution in [-0.4, -0.2) is 90.4 Å². The predicted octanol–water partition coefficient (Wildman–Crippen LogP) is 0.723. The van der Waals surface area contributed by atoms with Crippen LogP contribution < -0.4 is 9.47 Å². The third-order valence-electron chi connectivity index (χ3n) is 6.13. The number of carbonyl (C=O) groups is 2. The number of methoxy groups -OCH3 is 1. The number of aromatic hydroxyl groups is 4. The molecule has 1 aliphatic heterocycles. The van der Waals surface area contributed by atoms with Gasteiger partial charge in [-0.05, 0) is 26.3 Å². The minimum atomic E-state index is -1.94. The Bertz CT molecular complexity index is 1280. The highest BCUT2D eigenvalue weighted by atomic mass is 16.7. The van der Waals surface area contributed by atoms with Gasteiger partial charge in [-0.2, -0.15) is 0 Å². The minimum Gasteiger partial charge on any atom is -0.507 e. The number of carboxylic acids is 1. The number of rotatable bonds is 9. The quantitative estimate of drug-likeness (QED) is 0.0934. The van der Waals surface area contributed by atoms with Crippen molar-refractivity contribution in [2.24, 2.45) is 0 Å². The van der Waals surface area contributed by atoms with E-state index in [2.05, 4.69) is 0 Å². The predicted molar refractivity (Wildman–Crippen MR) is 132 cm³/mol. The molecule has 0 aliphatic carbocycles. The fourth-order valence-electron chi connectivity index (χ4n) is 4.05. The van der Waals surface area contributed by atoms with Gasteiger partial charge in [0.15, 0.2) is 23.4 Å². The van der Waals surface area contributed by atoms with Crippen LogP contribution in [0.25, 0.3) is 0 Å². The number of carbonyl (C=O) groups excluding carboxylic acids is 1. The van der Waals surface area contributed by atoms with Crippen LogP contribution in [0.15, 0.2) is 29.8 Å². The lowest BCUT2D eigenvalue weighted by Gasteiger charge is -2.38. The van der Waals surface area contributed by atoms with Gasteiger partial charge in [-0.15, -0.1) is 0 Å². The van der Waals surface area contributed by atoms with Crippen molar-refractivity contribution in [2.75, 3.05) is 7.11 Å². The van der Waals surface area contributed by atoms with Crippen molar-refractivity contribution in [3.05, 3.63) is 46.5 Å². The van der Waals surface area contributed by atoms with Gasteiger partial charge >= 0.3 is 5.97 Å². The first kappa shape index (κ1) is 29.5. The molecule has 2 aromatic carbocycles. The second kappa shape index (κ2) is 11.8. The Morgan fingerprint density at radius 3 is 2.13 bits per heavy atom. The monoisotopic (exact) mass is 550 g/mol. The van der Waals surface area contributed by atoms with Gasteiger partial charge in [-0.3, -0.25) is 4.79 Å². The molecule has 0 bridgehead atoms. The number of allylic oxidation sites excluding steroid dienone is 2. The highest BCUT2D eigenvalue weighted by Gasteiger charge is 2.48. The largest absolute Gasteiger partial charge is 0.507 e. The molecule has 8 N–H and O–H groups in total. The molecule has 0 aromatic heterocycles. The van der Waals surface area contributed by atoms with E-state index in [0.29, 0.717) is 0 Å². The lowest BCUT2D eigenvalue weighted by atomic mass is 9.95. The molecule has 1 aliphatic rings. The summed E-state index contributed by atoms with van der Waals surface area (Å²) in [5.74, 6) is -4.90. The first-order chi connectivity index (χ1) is 18.3. The van der Waals surface area contributed by atoms with Crippen LogP contribution in [0.2, 0.25) is 0 Å². The van der Waals surface area contributed by atoms with Crippen LogP contribution in [0, 0.1) is 0 Å². The van der Waals surface area contributed by atoms with E-state index >= 15 is 0 Å². The van der Waals surface area contributed by atoms with Gasteiger partial charge in [0.25, 0.3) is 0 Å². The molecular formula is C26H30O13. The Hall–Kier alpha value is -4.04.